The zero-order valence-corrected chi connectivity index (χ0v) is 12.0. The van der Waals surface area contributed by atoms with Crippen LogP contribution in [0.1, 0.15) is 11.7 Å². The number of hydrogen-bond donors (Lipinski definition) is 3. The maximum Gasteiger partial charge on any atom is 0.194 e. The molecule has 1 heterocycles. The SMILES string of the molecule is NC1=NC([c-]2[cH-][cH-][cH-][cH-]2)NC(=S)N1.[Fe].c1cc[cH-]c1. The van der Waals surface area contributed by atoms with Crippen molar-refractivity contribution in [3.63, 3.8) is 0 Å². The maximum absolute atomic E-state index is 5.53. The summed E-state index contributed by atoms with van der Waals surface area (Å²) < 4.78 is 0. The van der Waals surface area contributed by atoms with Gasteiger partial charge in [-0.15, -0.1) is 0 Å². The summed E-state index contributed by atoms with van der Waals surface area (Å²) in [4.78, 5) is 4.16. The Labute approximate surface area is 128 Å². The molecule has 0 radical (unpaired) electrons. The van der Waals surface area contributed by atoms with Crippen molar-refractivity contribution in [1.29, 1.82) is 0 Å². The molecule has 3 rings (SSSR count). The first-order valence-electron chi connectivity index (χ1n) is 5.55. The zero-order valence-electron chi connectivity index (χ0n) is 10.1. The van der Waals surface area contributed by atoms with E-state index in [9.17, 15) is 0 Å². The van der Waals surface area contributed by atoms with Gasteiger partial charge in [-0.25, -0.2) is 12.1 Å². The summed E-state index contributed by atoms with van der Waals surface area (Å²) in [6.45, 7) is 0. The Morgan fingerprint density at radius 1 is 1.26 bits per heavy atom. The molecule has 106 valence electrons. The Balaban J connectivity index is 0.000000256. The molecule has 0 spiro atoms. The van der Waals surface area contributed by atoms with Gasteiger partial charge in [-0.1, -0.05) is 0 Å². The van der Waals surface area contributed by atoms with Gasteiger partial charge in [0, 0.05) is 17.1 Å². The Bertz CT molecular complexity index is 488. The molecule has 1 aliphatic heterocycles. The number of rotatable bonds is 1. The van der Waals surface area contributed by atoms with Crippen LogP contribution in [0, 0.1) is 0 Å². The van der Waals surface area contributed by atoms with Crippen molar-refractivity contribution >= 4 is 23.3 Å². The van der Waals surface area contributed by atoms with Crippen LogP contribution in [0.2, 0.25) is 0 Å². The van der Waals surface area contributed by atoms with Gasteiger partial charge >= 0.3 is 0 Å². The first kappa shape index (κ1) is 15.4. The Kier molecular flexibility index (Phi) is 6.28. The molecule has 0 aromatic heterocycles. The summed E-state index contributed by atoms with van der Waals surface area (Å²) in [6, 6.07) is 17.9. The van der Waals surface area contributed by atoms with Gasteiger partial charge in [0.1, 0.15) is 0 Å². The molecule has 0 bridgehead atoms. The third-order valence-corrected chi connectivity index (χ3v) is 2.56. The van der Waals surface area contributed by atoms with E-state index >= 15 is 0 Å². The Hall–Kier alpha value is -1.62. The van der Waals surface area contributed by atoms with Gasteiger partial charge in [-0.3, -0.25) is 4.99 Å². The number of guanidine groups is 1. The number of hydrogen-bond acceptors (Lipinski definition) is 3. The third kappa shape index (κ3) is 4.87. The molecule has 1 atom stereocenters. The Morgan fingerprint density at radius 3 is 2.37 bits per heavy atom. The summed E-state index contributed by atoms with van der Waals surface area (Å²) in [5.74, 6) is 0.356. The quantitative estimate of drug-likeness (QED) is 0.425. The van der Waals surface area contributed by atoms with Crippen LogP contribution in [-0.2, 0) is 17.1 Å². The predicted octanol–water partition coefficient (Wildman–Crippen LogP) is 1.60. The molecule has 4 nitrogen and oxygen atoms in total. The van der Waals surface area contributed by atoms with E-state index in [1.165, 1.54) is 0 Å². The molecule has 4 N–H and O–H groups in total. The van der Waals surface area contributed by atoms with Gasteiger partial charge < -0.3 is 46.2 Å². The number of nitrogens with two attached hydrogens (primary N) is 1. The van der Waals surface area contributed by atoms with Crippen molar-refractivity contribution in [2.75, 3.05) is 0 Å². The number of nitrogens with one attached hydrogen (secondary N) is 2. The summed E-state index contributed by atoms with van der Waals surface area (Å²) in [5.41, 5.74) is 6.59. The van der Waals surface area contributed by atoms with Crippen molar-refractivity contribution in [3.05, 3.63) is 60.2 Å². The molecule has 0 fully saturated rings. The van der Waals surface area contributed by atoms with Gasteiger partial charge in [0.2, 0.25) is 0 Å². The molecule has 1 unspecified atom stereocenters. The van der Waals surface area contributed by atoms with Crippen LogP contribution in [0.5, 0.6) is 0 Å². The van der Waals surface area contributed by atoms with E-state index in [1.807, 2.05) is 54.6 Å². The fourth-order valence-corrected chi connectivity index (χ4v) is 1.75. The second-order valence-electron chi connectivity index (χ2n) is 3.70. The van der Waals surface area contributed by atoms with E-state index in [0.29, 0.717) is 11.1 Å². The fraction of sp³-hybridized carbons (Fsp3) is 0.0769. The van der Waals surface area contributed by atoms with Crippen molar-refractivity contribution in [2.45, 2.75) is 6.17 Å². The molecule has 0 saturated carbocycles. The topological polar surface area (TPSA) is 62.4 Å². The fourth-order valence-electron chi connectivity index (χ4n) is 1.53. The van der Waals surface area contributed by atoms with E-state index in [0.717, 1.165) is 5.56 Å². The molecule has 1 aliphatic rings. The molecular weight excluding hydrogens is 300 g/mol. The molecule has 2 aromatic rings. The number of thiocarbonyl (C=S) groups is 1. The van der Waals surface area contributed by atoms with Crippen LogP contribution in [0.15, 0.2) is 59.6 Å². The smallest absolute Gasteiger partial charge is 0.194 e. The second kappa shape index (κ2) is 7.74. The molecule has 0 amide bonds. The summed E-state index contributed by atoms with van der Waals surface area (Å²) in [6.07, 6.45) is -0.149. The number of nitrogens with zero attached hydrogens (tertiary/aromatic N) is 1. The van der Waals surface area contributed by atoms with E-state index in [2.05, 4.69) is 15.6 Å². The first-order chi connectivity index (χ1) is 8.75. The third-order valence-electron chi connectivity index (χ3n) is 2.34. The molecule has 0 saturated heterocycles. The maximum atomic E-state index is 5.53. The second-order valence-corrected chi connectivity index (χ2v) is 4.10. The van der Waals surface area contributed by atoms with Gasteiger partial charge in [0.05, 0.1) is 0 Å². The summed E-state index contributed by atoms with van der Waals surface area (Å²) >= 11 is 4.95. The molecule has 0 aliphatic carbocycles. The van der Waals surface area contributed by atoms with E-state index in [-0.39, 0.29) is 23.2 Å². The summed E-state index contributed by atoms with van der Waals surface area (Å²) in [7, 11) is 0. The number of aliphatic imine (C=N–C) groups is 1. The van der Waals surface area contributed by atoms with Gasteiger partial charge in [-0.05, 0) is 18.4 Å². The van der Waals surface area contributed by atoms with Crippen molar-refractivity contribution < 1.29 is 17.1 Å². The average Bonchev–Trinajstić information content (AvgIpc) is 3.05. The van der Waals surface area contributed by atoms with Crippen molar-refractivity contribution in [2.24, 2.45) is 10.7 Å². The minimum absolute atomic E-state index is 0. The van der Waals surface area contributed by atoms with Crippen LogP contribution >= 0.6 is 12.2 Å². The van der Waals surface area contributed by atoms with Crippen molar-refractivity contribution in [1.82, 2.24) is 10.6 Å². The van der Waals surface area contributed by atoms with Crippen molar-refractivity contribution in [3.8, 4) is 0 Å². The monoisotopic (exact) mass is 314 g/mol. The Morgan fingerprint density at radius 2 is 1.89 bits per heavy atom. The molecule has 2 aromatic carbocycles. The minimum atomic E-state index is -0.149. The van der Waals surface area contributed by atoms with Crippen LogP contribution in [0.4, 0.5) is 0 Å². The first-order valence-corrected chi connectivity index (χ1v) is 5.95. The normalized spacial score (nSPS) is 16.9. The largest absolute Gasteiger partial charge is 0.747 e. The zero-order chi connectivity index (χ0) is 12.8. The van der Waals surface area contributed by atoms with E-state index in [1.54, 1.807) is 0 Å². The van der Waals surface area contributed by atoms with Gasteiger partial charge in [-0.2, -0.15) is 18.2 Å². The van der Waals surface area contributed by atoms with E-state index < -0.39 is 0 Å². The van der Waals surface area contributed by atoms with Crippen LogP contribution in [0.3, 0.4) is 0 Å². The summed E-state index contributed by atoms with van der Waals surface area (Å²) in [5, 5.41) is 6.23. The van der Waals surface area contributed by atoms with Crippen LogP contribution in [0.25, 0.3) is 0 Å². The van der Waals surface area contributed by atoms with E-state index in [4.69, 9.17) is 18.0 Å². The average molecular weight is 314 g/mol. The van der Waals surface area contributed by atoms with Gasteiger partial charge in [0.25, 0.3) is 0 Å². The molecular formula is C13H14FeN4S-6. The molecule has 19 heavy (non-hydrogen) atoms. The van der Waals surface area contributed by atoms with Crippen LogP contribution in [-0.4, -0.2) is 11.1 Å². The standard InChI is InChI=1S/C8H9N4S.C5H5.Fe/c9-7-10-6(11-8(13)12-7)5-3-1-2-4-5;1-2-4-5-3-1;/h1-4,6H,(H4,9,10,11,12,13);1-5H;/q-5;-1;. The van der Waals surface area contributed by atoms with Gasteiger partial charge in [0.15, 0.2) is 11.1 Å². The predicted molar refractivity (Wildman–Crippen MR) is 77.3 cm³/mol. The molecule has 6 heteroatoms. The minimum Gasteiger partial charge on any atom is -0.747 e. The van der Waals surface area contributed by atoms with Crippen LogP contribution < -0.4 is 16.4 Å².